The van der Waals surface area contributed by atoms with Gasteiger partial charge in [0.25, 0.3) is 5.56 Å². The highest BCUT2D eigenvalue weighted by Crippen LogP contribution is 2.33. The molecule has 3 heterocycles. The number of nitrogens with zero attached hydrogens (tertiary/aromatic N) is 4. The lowest BCUT2D eigenvalue weighted by molar-refractivity contribution is 0.369. The first-order valence-corrected chi connectivity index (χ1v) is 10.0. The Kier molecular flexibility index (Phi) is 4.20. The van der Waals surface area contributed by atoms with Crippen LogP contribution in [-0.2, 0) is 19.4 Å². The molecule has 1 aliphatic rings. The summed E-state index contributed by atoms with van der Waals surface area (Å²) in [5, 5.41) is 4.80. The van der Waals surface area contributed by atoms with Crippen molar-refractivity contribution in [1.82, 2.24) is 19.7 Å². The molecular weight excluding hydrogens is 376 g/mol. The van der Waals surface area contributed by atoms with Crippen LogP contribution in [0, 0.1) is 0 Å². The largest absolute Gasteiger partial charge is 0.496 e. The fraction of sp³-hybridized carbons (Fsp3) is 0.300. The maximum Gasteiger partial charge on any atom is 0.262 e. The van der Waals surface area contributed by atoms with Crippen LogP contribution < -0.4 is 10.3 Å². The van der Waals surface area contributed by atoms with Gasteiger partial charge in [0.2, 0.25) is 11.7 Å². The summed E-state index contributed by atoms with van der Waals surface area (Å²) in [6.45, 7) is 0.189. The Balaban J connectivity index is 1.50. The molecule has 0 saturated heterocycles. The minimum Gasteiger partial charge on any atom is -0.496 e. The van der Waals surface area contributed by atoms with Crippen LogP contribution in [0.5, 0.6) is 5.75 Å². The number of para-hydroxylation sites is 1. The lowest BCUT2D eigenvalue weighted by atomic mass is 9.97. The Morgan fingerprint density at radius 3 is 3.00 bits per heavy atom. The normalized spacial score (nSPS) is 13.6. The van der Waals surface area contributed by atoms with Gasteiger partial charge in [-0.05, 0) is 43.4 Å². The van der Waals surface area contributed by atoms with Crippen LogP contribution >= 0.6 is 11.3 Å². The van der Waals surface area contributed by atoms with E-state index < -0.39 is 0 Å². The van der Waals surface area contributed by atoms with E-state index in [1.807, 2.05) is 24.3 Å². The van der Waals surface area contributed by atoms with Crippen LogP contribution in [-0.4, -0.2) is 26.8 Å². The molecule has 0 amide bonds. The SMILES string of the molecule is COc1ccccc1-c1noc(Cn2cnc3sc4c(c3c2=O)CCCC4)n1. The molecule has 0 spiro atoms. The highest BCUT2D eigenvalue weighted by atomic mass is 32.1. The molecule has 0 fully saturated rings. The van der Waals surface area contributed by atoms with Crippen molar-refractivity contribution in [1.29, 1.82) is 0 Å². The fourth-order valence-corrected chi connectivity index (χ4v) is 4.92. The van der Waals surface area contributed by atoms with Crippen LogP contribution in [0.1, 0.15) is 29.2 Å². The predicted octanol–water partition coefficient (Wildman–Crippen LogP) is 3.44. The molecule has 4 aromatic rings. The number of hydrogen-bond donors (Lipinski definition) is 0. The van der Waals surface area contributed by atoms with Crippen molar-refractivity contribution in [3.05, 3.63) is 57.3 Å². The van der Waals surface area contributed by atoms with E-state index in [2.05, 4.69) is 15.1 Å². The number of hydrogen-bond acceptors (Lipinski definition) is 7. The third-order valence-corrected chi connectivity index (χ3v) is 6.26. The maximum absolute atomic E-state index is 13.1. The minimum absolute atomic E-state index is 0.0403. The summed E-state index contributed by atoms with van der Waals surface area (Å²) in [7, 11) is 1.60. The molecule has 0 bridgehead atoms. The van der Waals surface area contributed by atoms with E-state index in [4.69, 9.17) is 9.26 Å². The quantitative estimate of drug-likeness (QED) is 0.527. The van der Waals surface area contributed by atoms with Gasteiger partial charge in [0.15, 0.2) is 0 Å². The van der Waals surface area contributed by atoms with Gasteiger partial charge in [-0.25, -0.2) is 4.98 Å². The Hall–Kier alpha value is -3.00. The fourth-order valence-electron chi connectivity index (χ4n) is 3.70. The average Bonchev–Trinajstić information content (AvgIpc) is 3.34. The summed E-state index contributed by atoms with van der Waals surface area (Å²) < 4.78 is 12.3. The Morgan fingerprint density at radius 2 is 2.11 bits per heavy atom. The Labute approximate surface area is 164 Å². The number of thiophene rings is 1. The summed E-state index contributed by atoms with van der Waals surface area (Å²) in [5.41, 5.74) is 1.88. The molecule has 28 heavy (non-hydrogen) atoms. The summed E-state index contributed by atoms with van der Waals surface area (Å²) >= 11 is 1.64. The van der Waals surface area contributed by atoms with E-state index in [9.17, 15) is 4.79 Å². The van der Waals surface area contributed by atoms with Crippen molar-refractivity contribution in [2.75, 3.05) is 7.11 Å². The lowest BCUT2D eigenvalue weighted by Crippen LogP contribution is -2.21. The second-order valence-electron chi connectivity index (χ2n) is 6.78. The molecule has 0 atom stereocenters. The average molecular weight is 394 g/mol. The van der Waals surface area contributed by atoms with Gasteiger partial charge in [0.05, 0.1) is 24.4 Å². The highest BCUT2D eigenvalue weighted by Gasteiger charge is 2.21. The maximum atomic E-state index is 13.1. The molecule has 8 heteroatoms. The number of aromatic nitrogens is 4. The van der Waals surface area contributed by atoms with Crippen molar-refractivity contribution >= 4 is 21.6 Å². The van der Waals surface area contributed by atoms with Crippen LogP contribution in [0.3, 0.4) is 0 Å². The van der Waals surface area contributed by atoms with Gasteiger partial charge >= 0.3 is 0 Å². The van der Waals surface area contributed by atoms with Crippen LogP contribution in [0.25, 0.3) is 21.6 Å². The zero-order chi connectivity index (χ0) is 19.1. The molecule has 0 radical (unpaired) electrons. The second kappa shape index (κ2) is 6.87. The van der Waals surface area contributed by atoms with E-state index in [1.165, 1.54) is 16.9 Å². The van der Waals surface area contributed by atoms with Gasteiger partial charge in [-0.1, -0.05) is 17.3 Å². The molecule has 0 aliphatic heterocycles. The highest BCUT2D eigenvalue weighted by molar-refractivity contribution is 7.18. The summed E-state index contributed by atoms with van der Waals surface area (Å²) in [6.07, 6.45) is 5.87. The van der Waals surface area contributed by atoms with Gasteiger partial charge < -0.3 is 9.26 Å². The summed E-state index contributed by atoms with van der Waals surface area (Å²) in [4.78, 5) is 24.1. The van der Waals surface area contributed by atoms with Crippen molar-refractivity contribution in [2.45, 2.75) is 32.2 Å². The molecule has 7 nitrogen and oxygen atoms in total. The second-order valence-corrected chi connectivity index (χ2v) is 7.86. The standard InChI is InChI=1S/C20H18N4O3S/c1-26-14-8-4-2-6-12(14)18-22-16(27-23-18)10-24-11-21-19-17(20(24)25)13-7-3-5-9-15(13)28-19/h2,4,6,8,11H,3,5,7,9-10H2,1H3. The molecule has 1 aromatic carbocycles. The third-order valence-electron chi connectivity index (χ3n) is 5.06. The van der Waals surface area contributed by atoms with Crippen LogP contribution in [0.2, 0.25) is 0 Å². The number of ether oxygens (including phenoxy) is 1. The molecule has 1 aliphatic carbocycles. The molecule has 0 unspecified atom stereocenters. The molecule has 142 valence electrons. The van der Waals surface area contributed by atoms with E-state index >= 15 is 0 Å². The number of fused-ring (bicyclic) bond motifs is 3. The smallest absolute Gasteiger partial charge is 0.262 e. The predicted molar refractivity (Wildman–Crippen MR) is 106 cm³/mol. The lowest BCUT2D eigenvalue weighted by Gasteiger charge is -2.10. The topological polar surface area (TPSA) is 83.0 Å². The van der Waals surface area contributed by atoms with Crippen LogP contribution in [0.4, 0.5) is 0 Å². The van der Waals surface area contributed by atoms with Gasteiger partial charge in [0.1, 0.15) is 17.1 Å². The first-order valence-electron chi connectivity index (χ1n) is 9.20. The minimum atomic E-state index is -0.0403. The number of benzene rings is 1. The summed E-state index contributed by atoms with van der Waals surface area (Å²) in [6, 6.07) is 7.47. The van der Waals surface area contributed by atoms with E-state index in [1.54, 1.807) is 29.3 Å². The van der Waals surface area contributed by atoms with Gasteiger partial charge in [0, 0.05) is 4.88 Å². The molecule has 0 N–H and O–H groups in total. The first kappa shape index (κ1) is 17.1. The zero-order valence-electron chi connectivity index (χ0n) is 15.3. The van der Waals surface area contributed by atoms with E-state index in [0.29, 0.717) is 17.5 Å². The van der Waals surface area contributed by atoms with E-state index in [0.717, 1.165) is 35.0 Å². The van der Waals surface area contributed by atoms with Crippen molar-refractivity contribution in [3.63, 3.8) is 0 Å². The third kappa shape index (κ3) is 2.80. The number of rotatable bonds is 4. The van der Waals surface area contributed by atoms with Crippen molar-refractivity contribution < 1.29 is 9.26 Å². The first-order chi connectivity index (χ1) is 13.7. The molecular formula is C20H18N4O3S. The molecule has 5 rings (SSSR count). The van der Waals surface area contributed by atoms with Gasteiger partial charge in [-0.15, -0.1) is 11.3 Å². The monoisotopic (exact) mass is 394 g/mol. The zero-order valence-corrected chi connectivity index (χ0v) is 16.2. The van der Waals surface area contributed by atoms with Crippen LogP contribution in [0.15, 0.2) is 39.9 Å². The van der Waals surface area contributed by atoms with Crippen molar-refractivity contribution in [3.8, 4) is 17.1 Å². The van der Waals surface area contributed by atoms with E-state index in [-0.39, 0.29) is 12.1 Å². The Bertz CT molecular complexity index is 1220. The Morgan fingerprint density at radius 1 is 1.25 bits per heavy atom. The summed E-state index contributed by atoms with van der Waals surface area (Å²) in [5.74, 6) is 1.45. The molecule has 3 aromatic heterocycles. The molecule has 0 saturated carbocycles. The van der Waals surface area contributed by atoms with Gasteiger partial charge in [-0.3, -0.25) is 9.36 Å². The van der Waals surface area contributed by atoms with Crippen molar-refractivity contribution in [2.24, 2.45) is 0 Å². The number of methoxy groups -OCH3 is 1. The van der Waals surface area contributed by atoms with Gasteiger partial charge in [-0.2, -0.15) is 4.98 Å². The number of aryl methyl sites for hydroxylation is 2.